The van der Waals surface area contributed by atoms with Crippen molar-refractivity contribution in [2.75, 3.05) is 0 Å². The van der Waals surface area contributed by atoms with Gasteiger partial charge in [-0.3, -0.25) is 4.79 Å². The first-order valence-corrected chi connectivity index (χ1v) is 6.29. The fourth-order valence-corrected chi connectivity index (χ4v) is 1.79. The first-order chi connectivity index (χ1) is 9.86. The number of hydrogen-bond donors (Lipinski definition) is 0. The van der Waals surface area contributed by atoms with Crippen LogP contribution < -0.4 is 0 Å². The molecular weight excluding hydrogens is 305 g/mol. The first-order valence-electron chi connectivity index (χ1n) is 5.91. The highest BCUT2D eigenvalue weighted by atomic mass is 35.5. The summed E-state index contributed by atoms with van der Waals surface area (Å²) in [7, 11) is 0. The Hall–Kier alpha value is -2.08. The van der Waals surface area contributed by atoms with Gasteiger partial charge in [0.05, 0.1) is 0 Å². The number of aromatic nitrogens is 1. The van der Waals surface area contributed by atoms with Gasteiger partial charge in [0, 0.05) is 30.7 Å². The second-order valence-electron chi connectivity index (χ2n) is 4.25. The van der Waals surface area contributed by atoms with E-state index in [2.05, 4.69) is 4.98 Å². The molecule has 1 aliphatic rings. The largest absolute Gasteiger partial charge is 0.454 e. The van der Waals surface area contributed by atoms with Crippen LogP contribution in [0.15, 0.2) is 54.5 Å². The summed E-state index contributed by atoms with van der Waals surface area (Å²) >= 11 is 5.67. The lowest BCUT2D eigenvalue weighted by Crippen LogP contribution is -2.24. The van der Waals surface area contributed by atoms with Crippen molar-refractivity contribution in [1.29, 1.82) is 0 Å². The van der Waals surface area contributed by atoms with Crippen molar-refractivity contribution >= 4 is 17.4 Å². The highest BCUT2D eigenvalue weighted by Crippen LogP contribution is 2.21. The van der Waals surface area contributed by atoms with Gasteiger partial charge in [0.15, 0.2) is 0 Å². The maximum Gasteiger partial charge on any atom is 0.454 e. The molecule has 0 spiro atoms. The van der Waals surface area contributed by atoms with Gasteiger partial charge in [0.25, 0.3) is 5.78 Å². The van der Waals surface area contributed by atoms with E-state index in [4.69, 9.17) is 11.6 Å². The quantitative estimate of drug-likeness (QED) is 0.631. The molecule has 0 saturated carbocycles. The van der Waals surface area contributed by atoms with Crippen LogP contribution in [0.5, 0.6) is 0 Å². The van der Waals surface area contributed by atoms with Crippen molar-refractivity contribution in [3.8, 4) is 0 Å². The predicted molar refractivity (Wildman–Crippen MR) is 72.2 cm³/mol. The zero-order valence-corrected chi connectivity index (χ0v) is 11.4. The van der Waals surface area contributed by atoms with Crippen LogP contribution in [0.4, 0.5) is 13.2 Å². The Labute approximate surface area is 124 Å². The van der Waals surface area contributed by atoms with E-state index in [9.17, 15) is 18.0 Å². The molecule has 0 saturated heterocycles. The molecule has 0 bridgehead atoms. The van der Waals surface area contributed by atoms with Gasteiger partial charge in [-0.1, -0.05) is 23.7 Å². The Balaban J connectivity index is 2.19. The maximum atomic E-state index is 12.3. The lowest BCUT2D eigenvalue weighted by Gasteiger charge is -2.23. The summed E-state index contributed by atoms with van der Waals surface area (Å²) in [6.07, 6.45) is 3.47. The van der Waals surface area contributed by atoms with Crippen LogP contribution in [0, 0.1) is 0 Å². The molecule has 0 N–H and O–H groups in total. The molecule has 0 atom stereocenters. The van der Waals surface area contributed by atoms with Gasteiger partial charge < -0.3 is 4.90 Å². The minimum absolute atomic E-state index is 0.162. The van der Waals surface area contributed by atoms with E-state index in [0.29, 0.717) is 11.2 Å². The lowest BCUT2D eigenvalue weighted by atomic mass is 10.2. The molecule has 2 rings (SSSR count). The van der Waals surface area contributed by atoms with Crippen molar-refractivity contribution < 1.29 is 18.0 Å². The lowest BCUT2D eigenvalue weighted by molar-refractivity contribution is -0.165. The Kier molecular flexibility index (Phi) is 4.47. The number of carbonyl (C=O) groups is 1. The van der Waals surface area contributed by atoms with Crippen molar-refractivity contribution in [3.05, 3.63) is 65.2 Å². The minimum Gasteiger partial charge on any atom is -0.343 e. The van der Waals surface area contributed by atoms with E-state index in [-0.39, 0.29) is 12.2 Å². The molecular formula is C14H10ClF3N2O. The van der Waals surface area contributed by atoms with Gasteiger partial charge in [-0.05, 0) is 23.8 Å². The number of carbonyl (C=O) groups excluding carboxylic acids is 1. The van der Waals surface area contributed by atoms with E-state index in [1.807, 2.05) is 0 Å². The van der Waals surface area contributed by atoms with Gasteiger partial charge in [0.2, 0.25) is 0 Å². The first kappa shape index (κ1) is 15.3. The Morgan fingerprint density at radius 2 is 2.10 bits per heavy atom. The molecule has 1 aromatic heterocycles. The van der Waals surface area contributed by atoms with Crippen LogP contribution in [-0.2, 0) is 11.3 Å². The van der Waals surface area contributed by atoms with Gasteiger partial charge in [-0.2, -0.15) is 13.2 Å². The van der Waals surface area contributed by atoms with E-state index in [1.54, 1.807) is 30.5 Å². The molecule has 7 heteroatoms. The summed E-state index contributed by atoms with van der Waals surface area (Å²) in [5.41, 5.74) is 0.916. The zero-order chi connectivity index (χ0) is 15.5. The van der Waals surface area contributed by atoms with Gasteiger partial charge in [0.1, 0.15) is 5.15 Å². The molecule has 0 aromatic carbocycles. The van der Waals surface area contributed by atoms with Gasteiger partial charge in [-0.15, -0.1) is 0 Å². The molecule has 0 fully saturated rings. The molecule has 21 heavy (non-hydrogen) atoms. The normalized spacial score (nSPS) is 16.6. The smallest absolute Gasteiger partial charge is 0.343 e. The van der Waals surface area contributed by atoms with Crippen LogP contribution in [0.2, 0.25) is 5.15 Å². The molecule has 2 heterocycles. The average Bonchev–Trinajstić information content (AvgIpc) is 2.42. The zero-order valence-electron chi connectivity index (χ0n) is 10.6. The van der Waals surface area contributed by atoms with E-state index < -0.39 is 12.0 Å². The third kappa shape index (κ3) is 4.19. The summed E-state index contributed by atoms with van der Waals surface area (Å²) in [6.45, 7) is 0.280. The van der Waals surface area contributed by atoms with Crippen molar-refractivity contribution in [2.24, 2.45) is 0 Å². The van der Waals surface area contributed by atoms with E-state index >= 15 is 0 Å². The minimum atomic E-state index is -4.88. The van der Waals surface area contributed by atoms with Crippen LogP contribution in [0.25, 0.3) is 0 Å². The molecule has 0 amide bonds. The topological polar surface area (TPSA) is 33.2 Å². The second-order valence-corrected chi connectivity index (χ2v) is 4.64. The van der Waals surface area contributed by atoms with Gasteiger partial charge >= 0.3 is 6.18 Å². The van der Waals surface area contributed by atoms with E-state index in [0.717, 1.165) is 5.56 Å². The molecule has 1 aliphatic heterocycles. The fourth-order valence-electron chi connectivity index (χ4n) is 1.68. The Morgan fingerprint density at radius 3 is 2.71 bits per heavy atom. The second kappa shape index (κ2) is 6.13. The van der Waals surface area contributed by atoms with E-state index in [1.165, 1.54) is 17.2 Å². The standard InChI is InChI=1S/C14H10ClF3N2O/c15-13-5-4-10(8-19-13)9-20-6-2-1-3-11(20)7-12(21)14(16,17)18/h1-8H,9H2/b11-7+. The SMILES string of the molecule is O=C(/C=C1\C=CC=CN1Cc1ccc(Cl)nc1)C(F)(F)F. The summed E-state index contributed by atoms with van der Waals surface area (Å²) in [5.74, 6) is -1.89. The summed E-state index contributed by atoms with van der Waals surface area (Å²) in [6, 6.07) is 3.30. The molecule has 1 aromatic rings. The monoisotopic (exact) mass is 314 g/mol. The third-order valence-corrected chi connectivity index (χ3v) is 2.90. The van der Waals surface area contributed by atoms with Crippen molar-refractivity contribution in [2.45, 2.75) is 12.7 Å². The molecule has 3 nitrogen and oxygen atoms in total. The average molecular weight is 315 g/mol. The number of allylic oxidation sites excluding steroid dienone is 4. The summed E-state index contributed by atoms with van der Waals surface area (Å²) < 4.78 is 37.0. The number of halogens is 4. The number of alkyl halides is 3. The predicted octanol–water partition coefficient (Wildman–Crippen LogP) is 3.64. The summed E-state index contributed by atoms with van der Waals surface area (Å²) in [4.78, 5) is 16.5. The number of nitrogens with zero attached hydrogens (tertiary/aromatic N) is 2. The Bertz CT molecular complexity index is 618. The number of hydrogen-bond acceptors (Lipinski definition) is 3. The molecule has 110 valence electrons. The number of ketones is 1. The number of pyridine rings is 1. The Morgan fingerprint density at radius 1 is 1.33 bits per heavy atom. The maximum absolute atomic E-state index is 12.3. The van der Waals surface area contributed by atoms with Crippen LogP contribution >= 0.6 is 11.6 Å². The molecule has 0 aliphatic carbocycles. The fraction of sp³-hybridized carbons (Fsp3) is 0.143. The van der Waals surface area contributed by atoms with Crippen LogP contribution in [-0.4, -0.2) is 21.8 Å². The van der Waals surface area contributed by atoms with Crippen molar-refractivity contribution in [3.63, 3.8) is 0 Å². The number of rotatable bonds is 3. The van der Waals surface area contributed by atoms with Crippen molar-refractivity contribution in [1.82, 2.24) is 9.88 Å². The molecule has 0 unspecified atom stereocenters. The van der Waals surface area contributed by atoms with Crippen LogP contribution in [0.1, 0.15) is 5.56 Å². The highest BCUT2D eigenvalue weighted by Gasteiger charge is 2.37. The summed E-state index contributed by atoms with van der Waals surface area (Å²) in [5, 5.41) is 0.329. The van der Waals surface area contributed by atoms with Crippen LogP contribution in [0.3, 0.4) is 0 Å². The third-order valence-electron chi connectivity index (χ3n) is 2.68. The highest BCUT2D eigenvalue weighted by molar-refractivity contribution is 6.29. The van der Waals surface area contributed by atoms with Gasteiger partial charge in [-0.25, -0.2) is 4.98 Å². The molecule has 0 radical (unpaired) electrons.